The number of carbonyl (C=O) groups excluding carboxylic acids is 3. The van der Waals surface area contributed by atoms with Gasteiger partial charge in [-0.05, 0) is 61.8 Å². The highest BCUT2D eigenvalue weighted by Crippen LogP contribution is 2.49. The molecule has 2 heterocycles. The number of Topliss-reactive ketones (excluding diaryl/α,β-unsaturated/α-hetero) is 1. The van der Waals surface area contributed by atoms with Crippen molar-refractivity contribution in [2.24, 2.45) is 11.5 Å². The molecule has 0 bridgehead atoms. The van der Waals surface area contributed by atoms with Gasteiger partial charge in [0, 0.05) is 35.8 Å². The normalized spacial score (nSPS) is 22.8. The number of amides is 2. The van der Waals surface area contributed by atoms with Crippen molar-refractivity contribution in [3.8, 4) is 0 Å². The number of anilines is 1. The number of nitrogens with two attached hydrogens (primary N) is 3. The van der Waals surface area contributed by atoms with Crippen LogP contribution < -0.4 is 22.5 Å². The van der Waals surface area contributed by atoms with E-state index < -0.39 is 23.3 Å². The van der Waals surface area contributed by atoms with Crippen LogP contribution in [-0.2, 0) is 20.5 Å². The van der Waals surface area contributed by atoms with Crippen LogP contribution in [0, 0.1) is 0 Å². The van der Waals surface area contributed by atoms with Gasteiger partial charge in [0.05, 0.1) is 15.6 Å². The number of carbonyl (C=O) groups is 3. The third kappa shape index (κ3) is 5.16. The number of likely N-dealkylation sites (tertiary alicyclic amines) is 1. The number of benzene rings is 2. The Hall–Kier alpha value is -3.47. The largest absolute Gasteiger partial charge is 0.444 e. The molecular weight excluding hydrogens is 550 g/mol. The summed E-state index contributed by atoms with van der Waals surface area (Å²) >= 11 is 1.22. The van der Waals surface area contributed by atoms with Gasteiger partial charge in [-0.3, -0.25) is 9.59 Å². The molecule has 2 aromatic carbocycles. The smallest absolute Gasteiger partial charge is 0.410 e. The van der Waals surface area contributed by atoms with Gasteiger partial charge in [0.2, 0.25) is 0 Å². The number of nitrogen functional groups attached to an aromatic ring is 1. The molecule has 0 radical (unpaired) electrons. The molecule has 0 unspecified atom stereocenters. The molecule has 1 aromatic heterocycles. The molecule has 2 aliphatic rings. The molecule has 0 spiro atoms. The Morgan fingerprint density at radius 3 is 2.50 bits per heavy atom. The van der Waals surface area contributed by atoms with Gasteiger partial charge in [-0.15, -0.1) is 11.3 Å². The predicted molar refractivity (Wildman–Crippen MR) is 167 cm³/mol. The maximum atomic E-state index is 14.1. The third-order valence-corrected chi connectivity index (χ3v) is 9.37. The van der Waals surface area contributed by atoms with Crippen molar-refractivity contribution in [2.75, 3.05) is 18.8 Å². The minimum absolute atomic E-state index is 0.153. The maximum absolute atomic E-state index is 14.1. The third-order valence-electron chi connectivity index (χ3n) is 8.11. The number of nitrogens with one attached hydrogen (secondary N) is 1. The van der Waals surface area contributed by atoms with Gasteiger partial charge in [-0.1, -0.05) is 51.1 Å². The number of nitrogens with zero attached hydrogens (tertiary/aromatic N) is 1. The van der Waals surface area contributed by atoms with Gasteiger partial charge < -0.3 is 32.2 Å². The van der Waals surface area contributed by atoms with Crippen LogP contribution >= 0.6 is 11.3 Å². The monoisotopic (exact) mass is 591 g/mol. The SMILES string of the molecule is CC(C)(C)OC(=O)N1CCC[C@@H](NC(=O)c2sc3c(N)ccc4c3c2[C@@H](N)C(=O)[C@@]4(N)c2cccc(C(C)(C)C)c2)C1. The fraction of sp³-hybridized carbons (Fsp3) is 0.469. The summed E-state index contributed by atoms with van der Waals surface area (Å²) in [4.78, 5) is 42.5. The van der Waals surface area contributed by atoms with E-state index in [9.17, 15) is 14.4 Å². The number of ether oxygens (including phenoxy) is 1. The summed E-state index contributed by atoms with van der Waals surface area (Å²) in [7, 11) is 0. The lowest BCUT2D eigenvalue weighted by atomic mass is 9.69. The number of piperidine rings is 1. The van der Waals surface area contributed by atoms with E-state index in [1.165, 1.54) is 11.3 Å². The molecule has 0 saturated carbocycles. The Labute approximate surface area is 250 Å². The van der Waals surface area contributed by atoms with E-state index in [4.69, 9.17) is 21.9 Å². The average Bonchev–Trinajstić information content (AvgIpc) is 3.32. The number of hydrogen-bond acceptors (Lipinski definition) is 8. The number of rotatable bonds is 3. The van der Waals surface area contributed by atoms with Crippen molar-refractivity contribution < 1.29 is 19.1 Å². The first kappa shape index (κ1) is 30.0. The highest BCUT2D eigenvalue weighted by Gasteiger charge is 2.49. The zero-order valence-electron chi connectivity index (χ0n) is 25.2. The van der Waals surface area contributed by atoms with Gasteiger partial charge in [0.25, 0.3) is 5.91 Å². The average molecular weight is 592 g/mol. The number of ketones is 1. The molecule has 10 heteroatoms. The van der Waals surface area contributed by atoms with Gasteiger partial charge in [0.15, 0.2) is 5.78 Å². The Morgan fingerprint density at radius 2 is 1.83 bits per heavy atom. The molecule has 1 saturated heterocycles. The lowest BCUT2D eigenvalue weighted by Crippen LogP contribution is -2.53. The van der Waals surface area contributed by atoms with Crippen molar-refractivity contribution in [2.45, 2.75) is 83.0 Å². The molecule has 7 N–H and O–H groups in total. The van der Waals surface area contributed by atoms with Crippen LogP contribution in [0.15, 0.2) is 36.4 Å². The zero-order valence-corrected chi connectivity index (χ0v) is 26.0. The van der Waals surface area contributed by atoms with E-state index in [0.717, 1.165) is 12.0 Å². The first-order valence-electron chi connectivity index (χ1n) is 14.4. The molecule has 1 aliphatic heterocycles. The highest BCUT2D eigenvalue weighted by molar-refractivity contribution is 7.21. The molecule has 42 heavy (non-hydrogen) atoms. The minimum atomic E-state index is -1.51. The Balaban J connectivity index is 1.53. The van der Waals surface area contributed by atoms with E-state index in [1.54, 1.807) is 17.0 Å². The van der Waals surface area contributed by atoms with Gasteiger partial charge >= 0.3 is 6.09 Å². The summed E-state index contributed by atoms with van der Waals surface area (Å²) in [6.07, 6.45) is 1.03. The summed E-state index contributed by atoms with van der Waals surface area (Å²) in [5, 5.41) is 3.74. The summed E-state index contributed by atoms with van der Waals surface area (Å²) in [5.41, 5.74) is 21.1. The Kier molecular flexibility index (Phi) is 7.40. The molecule has 1 aliphatic carbocycles. The van der Waals surface area contributed by atoms with E-state index in [-0.39, 0.29) is 23.1 Å². The van der Waals surface area contributed by atoms with E-state index in [1.807, 2.05) is 45.0 Å². The molecule has 9 nitrogen and oxygen atoms in total. The summed E-state index contributed by atoms with van der Waals surface area (Å²) in [6, 6.07) is 9.86. The predicted octanol–water partition coefficient (Wildman–Crippen LogP) is 4.70. The van der Waals surface area contributed by atoms with Crippen LogP contribution in [0.2, 0.25) is 0 Å². The standard InChI is InChI=1S/C32H41N5O4S/c1-30(2,3)17-9-7-10-18(15-17)32(35)20-12-13-21(33)25-22(20)23(24(34)27(32)38)26(42-25)28(39)36-19-11-8-14-37(16-19)29(40)41-31(4,5)6/h7,9-10,12-13,15,19,24H,8,11,14,16,33-35H2,1-6H3,(H,36,39)/t19-,24-,32-/m1/s1. The Morgan fingerprint density at radius 1 is 1.12 bits per heavy atom. The van der Waals surface area contributed by atoms with Crippen LogP contribution in [0.4, 0.5) is 10.5 Å². The second kappa shape index (κ2) is 10.4. The van der Waals surface area contributed by atoms with Gasteiger partial charge in [0.1, 0.15) is 11.1 Å². The van der Waals surface area contributed by atoms with Crippen molar-refractivity contribution in [1.29, 1.82) is 0 Å². The first-order chi connectivity index (χ1) is 19.5. The molecule has 1 fully saturated rings. The fourth-order valence-corrected chi connectivity index (χ4v) is 7.12. The molecule has 5 rings (SSSR count). The van der Waals surface area contributed by atoms with Crippen molar-refractivity contribution >= 4 is 44.9 Å². The van der Waals surface area contributed by atoms with E-state index >= 15 is 0 Å². The second-order valence-corrected chi connectivity index (χ2v) is 14.5. The van der Waals surface area contributed by atoms with E-state index in [2.05, 4.69) is 26.1 Å². The highest BCUT2D eigenvalue weighted by atomic mass is 32.1. The van der Waals surface area contributed by atoms with Crippen molar-refractivity contribution in [1.82, 2.24) is 10.2 Å². The van der Waals surface area contributed by atoms with Crippen LogP contribution in [0.5, 0.6) is 0 Å². The molecule has 3 aromatic rings. The summed E-state index contributed by atoms with van der Waals surface area (Å²) in [5.74, 6) is -0.733. The van der Waals surface area contributed by atoms with Crippen LogP contribution in [0.1, 0.15) is 92.4 Å². The Bertz CT molecular complexity index is 1580. The minimum Gasteiger partial charge on any atom is -0.444 e. The van der Waals surface area contributed by atoms with E-state index in [0.29, 0.717) is 56.9 Å². The van der Waals surface area contributed by atoms with Crippen LogP contribution in [-0.4, -0.2) is 47.4 Å². The maximum Gasteiger partial charge on any atom is 0.410 e. The van der Waals surface area contributed by atoms with Crippen LogP contribution in [0.3, 0.4) is 0 Å². The zero-order chi connectivity index (χ0) is 30.8. The molecular formula is C32H41N5O4S. The number of thiophene rings is 1. The van der Waals surface area contributed by atoms with Gasteiger partial charge in [-0.2, -0.15) is 0 Å². The molecule has 224 valence electrons. The lowest BCUT2D eigenvalue weighted by molar-refractivity contribution is -0.124. The topological polar surface area (TPSA) is 154 Å². The van der Waals surface area contributed by atoms with Crippen molar-refractivity contribution in [3.63, 3.8) is 0 Å². The quantitative estimate of drug-likeness (QED) is 0.322. The first-order valence-corrected chi connectivity index (χ1v) is 15.2. The molecule has 3 atom stereocenters. The molecule has 2 amide bonds. The van der Waals surface area contributed by atoms with Crippen LogP contribution in [0.25, 0.3) is 10.1 Å². The summed E-state index contributed by atoms with van der Waals surface area (Å²) < 4.78 is 6.21. The number of hydrogen-bond donors (Lipinski definition) is 4. The second-order valence-electron chi connectivity index (χ2n) is 13.5. The fourth-order valence-electron chi connectivity index (χ4n) is 5.92. The lowest BCUT2D eigenvalue weighted by Gasteiger charge is -2.37. The summed E-state index contributed by atoms with van der Waals surface area (Å²) in [6.45, 7) is 12.7. The van der Waals surface area contributed by atoms with Crippen molar-refractivity contribution in [3.05, 3.63) is 63.5 Å². The van der Waals surface area contributed by atoms with Gasteiger partial charge in [-0.25, -0.2) is 4.79 Å².